The number of nitrogens with one attached hydrogen (secondary N) is 2. The van der Waals surface area contributed by atoms with Crippen LogP contribution in [-0.4, -0.2) is 25.0 Å². The van der Waals surface area contributed by atoms with E-state index in [4.69, 9.17) is 4.74 Å². The Balaban J connectivity index is 1.70. The van der Waals surface area contributed by atoms with Gasteiger partial charge in [0.15, 0.2) is 5.78 Å². The fourth-order valence-corrected chi connectivity index (χ4v) is 1.93. The van der Waals surface area contributed by atoms with Gasteiger partial charge in [0, 0.05) is 11.3 Å². The molecule has 5 heteroatoms. The average Bonchev–Trinajstić information content (AvgIpc) is 2.54. The van der Waals surface area contributed by atoms with Gasteiger partial charge in [0.1, 0.15) is 12.4 Å². The molecule has 2 aromatic rings. The van der Waals surface area contributed by atoms with Gasteiger partial charge in [-0.05, 0) is 50.2 Å². The highest BCUT2D eigenvalue weighted by molar-refractivity contribution is 5.95. The molecule has 2 N–H and O–H groups in total. The van der Waals surface area contributed by atoms with Crippen LogP contribution in [0.2, 0.25) is 0 Å². The summed E-state index contributed by atoms with van der Waals surface area (Å²) < 4.78 is 5.52. The average molecular weight is 312 g/mol. The number of Topliss-reactive ketones (excluding diaryl/α,β-unsaturated/α-hetero) is 1. The van der Waals surface area contributed by atoms with Gasteiger partial charge in [0.2, 0.25) is 0 Å². The van der Waals surface area contributed by atoms with Crippen LogP contribution < -0.4 is 15.4 Å². The summed E-state index contributed by atoms with van der Waals surface area (Å²) in [6.07, 6.45) is 0. The molecule has 120 valence electrons. The predicted octanol–water partition coefficient (Wildman–Crippen LogP) is 3.40. The Labute approximate surface area is 135 Å². The lowest BCUT2D eigenvalue weighted by Gasteiger charge is -2.09. The SMILES string of the molecule is CC(=O)c1ccc(NC(=O)NCCOc2ccc(C)cc2)cc1. The van der Waals surface area contributed by atoms with Gasteiger partial charge in [-0.3, -0.25) is 4.79 Å². The first-order chi connectivity index (χ1) is 11.0. The van der Waals surface area contributed by atoms with E-state index in [1.165, 1.54) is 12.5 Å². The molecule has 2 rings (SSSR count). The number of carbonyl (C=O) groups is 2. The van der Waals surface area contributed by atoms with Crippen LogP contribution in [0.3, 0.4) is 0 Å². The van der Waals surface area contributed by atoms with Crippen molar-refractivity contribution in [1.29, 1.82) is 0 Å². The molecule has 0 aliphatic carbocycles. The molecule has 0 unspecified atom stereocenters. The van der Waals surface area contributed by atoms with Gasteiger partial charge in [-0.2, -0.15) is 0 Å². The third kappa shape index (κ3) is 5.47. The molecule has 0 atom stereocenters. The highest BCUT2D eigenvalue weighted by atomic mass is 16.5. The molecule has 0 bridgehead atoms. The number of hydrogen-bond acceptors (Lipinski definition) is 3. The summed E-state index contributed by atoms with van der Waals surface area (Å²) in [6, 6.07) is 14.2. The number of carbonyl (C=O) groups excluding carboxylic acids is 2. The minimum Gasteiger partial charge on any atom is -0.492 e. The van der Waals surface area contributed by atoms with E-state index in [2.05, 4.69) is 10.6 Å². The number of urea groups is 1. The molecule has 0 aliphatic rings. The van der Waals surface area contributed by atoms with Crippen LogP contribution in [-0.2, 0) is 0 Å². The molecule has 0 radical (unpaired) electrons. The van der Waals surface area contributed by atoms with Crippen LogP contribution in [0.4, 0.5) is 10.5 Å². The highest BCUT2D eigenvalue weighted by Gasteiger charge is 2.03. The quantitative estimate of drug-likeness (QED) is 0.634. The molecule has 0 saturated carbocycles. The normalized spacial score (nSPS) is 10.0. The standard InChI is InChI=1S/C18H20N2O3/c1-13-3-9-17(10-4-13)23-12-11-19-18(22)20-16-7-5-15(6-8-16)14(2)21/h3-10H,11-12H2,1-2H3,(H2,19,20,22). The van der Waals surface area contributed by atoms with E-state index in [1.807, 2.05) is 31.2 Å². The lowest BCUT2D eigenvalue weighted by Crippen LogP contribution is -2.32. The van der Waals surface area contributed by atoms with E-state index in [0.717, 1.165) is 5.75 Å². The molecule has 0 saturated heterocycles. The highest BCUT2D eigenvalue weighted by Crippen LogP contribution is 2.11. The predicted molar refractivity (Wildman–Crippen MR) is 90.1 cm³/mol. The maximum Gasteiger partial charge on any atom is 0.319 e. The molecule has 0 aliphatic heterocycles. The number of ketones is 1. The van der Waals surface area contributed by atoms with E-state index in [-0.39, 0.29) is 11.8 Å². The largest absolute Gasteiger partial charge is 0.492 e. The van der Waals surface area contributed by atoms with E-state index in [0.29, 0.717) is 24.4 Å². The monoisotopic (exact) mass is 312 g/mol. The van der Waals surface area contributed by atoms with Crippen molar-refractivity contribution in [1.82, 2.24) is 5.32 Å². The summed E-state index contributed by atoms with van der Waals surface area (Å²) in [5.41, 5.74) is 2.42. The third-order valence-electron chi connectivity index (χ3n) is 3.23. The Kier molecular flexibility index (Phi) is 5.74. The van der Waals surface area contributed by atoms with Crippen molar-refractivity contribution in [3.63, 3.8) is 0 Å². The van der Waals surface area contributed by atoms with Crippen LogP contribution in [0.25, 0.3) is 0 Å². The number of amides is 2. The van der Waals surface area contributed by atoms with Crippen molar-refractivity contribution in [2.75, 3.05) is 18.5 Å². The summed E-state index contributed by atoms with van der Waals surface area (Å²) in [7, 11) is 0. The molecule has 2 amide bonds. The number of ether oxygens (including phenoxy) is 1. The molecule has 2 aromatic carbocycles. The topological polar surface area (TPSA) is 67.4 Å². The van der Waals surface area contributed by atoms with Gasteiger partial charge >= 0.3 is 6.03 Å². The van der Waals surface area contributed by atoms with Crippen molar-refractivity contribution in [2.45, 2.75) is 13.8 Å². The number of rotatable bonds is 6. The Morgan fingerprint density at radius 2 is 1.65 bits per heavy atom. The minimum atomic E-state index is -0.312. The zero-order valence-corrected chi connectivity index (χ0v) is 13.3. The molecule has 23 heavy (non-hydrogen) atoms. The van der Waals surface area contributed by atoms with Crippen molar-refractivity contribution in [3.8, 4) is 5.75 Å². The van der Waals surface area contributed by atoms with E-state index in [1.54, 1.807) is 24.3 Å². The number of aryl methyl sites for hydroxylation is 1. The first-order valence-corrected chi connectivity index (χ1v) is 7.40. The number of anilines is 1. The maximum absolute atomic E-state index is 11.7. The summed E-state index contributed by atoms with van der Waals surface area (Å²) in [5.74, 6) is 0.770. The number of benzene rings is 2. The Morgan fingerprint density at radius 1 is 1.00 bits per heavy atom. The second-order valence-electron chi connectivity index (χ2n) is 5.18. The van der Waals surface area contributed by atoms with Gasteiger partial charge in [-0.25, -0.2) is 4.79 Å². The van der Waals surface area contributed by atoms with Gasteiger partial charge < -0.3 is 15.4 Å². The molecule has 0 heterocycles. The second kappa shape index (κ2) is 7.98. The van der Waals surface area contributed by atoms with E-state index in [9.17, 15) is 9.59 Å². The van der Waals surface area contributed by atoms with Crippen LogP contribution >= 0.6 is 0 Å². The summed E-state index contributed by atoms with van der Waals surface area (Å²) in [5, 5.41) is 5.41. The van der Waals surface area contributed by atoms with E-state index < -0.39 is 0 Å². The van der Waals surface area contributed by atoms with Crippen LogP contribution in [0.15, 0.2) is 48.5 Å². The molecule has 5 nitrogen and oxygen atoms in total. The molecule has 0 spiro atoms. The fourth-order valence-electron chi connectivity index (χ4n) is 1.93. The summed E-state index contributed by atoms with van der Waals surface area (Å²) >= 11 is 0. The zero-order valence-electron chi connectivity index (χ0n) is 13.3. The van der Waals surface area contributed by atoms with Gasteiger partial charge in [-0.15, -0.1) is 0 Å². The van der Waals surface area contributed by atoms with Crippen molar-refractivity contribution >= 4 is 17.5 Å². The van der Waals surface area contributed by atoms with Crippen molar-refractivity contribution in [3.05, 3.63) is 59.7 Å². The molecule has 0 fully saturated rings. The van der Waals surface area contributed by atoms with Gasteiger partial charge in [0.05, 0.1) is 6.54 Å². The van der Waals surface area contributed by atoms with Crippen LogP contribution in [0.5, 0.6) is 5.75 Å². The molecular formula is C18H20N2O3. The maximum atomic E-state index is 11.7. The van der Waals surface area contributed by atoms with Gasteiger partial charge in [-0.1, -0.05) is 17.7 Å². The second-order valence-corrected chi connectivity index (χ2v) is 5.18. The third-order valence-corrected chi connectivity index (χ3v) is 3.23. The number of hydrogen-bond donors (Lipinski definition) is 2. The van der Waals surface area contributed by atoms with Crippen LogP contribution in [0.1, 0.15) is 22.8 Å². The molecular weight excluding hydrogens is 292 g/mol. The van der Waals surface area contributed by atoms with Crippen LogP contribution in [0, 0.1) is 6.92 Å². The fraction of sp³-hybridized carbons (Fsp3) is 0.222. The van der Waals surface area contributed by atoms with Gasteiger partial charge in [0.25, 0.3) is 0 Å². The first kappa shape index (κ1) is 16.5. The Morgan fingerprint density at radius 3 is 2.26 bits per heavy atom. The van der Waals surface area contributed by atoms with E-state index >= 15 is 0 Å². The Hall–Kier alpha value is -2.82. The Bertz CT molecular complexity index is 664. The summed E-state index contributed by atoms with van der Waals surface area (Å²) in [6.45, 7) is 4.30. The van der Waals surface area contributed by atoms with Crippen molar-refractivity contribution < 1.29 is 14.3 Å². The van der Waals surface area contributed by atoms with Crippen molar-refractivity contribution in [2.24, 2.45) is 0 Å². The first-order valence-electron chi connectivity index (χ1n) is 7.40. The smallest absolute Gasteiger partial charge is 0.319 e. The minimum absolute atomic E-state index is 0.00532. The summed E-state index contributed by atoms with van der Waals surface area (Å²) in [4.78, 5) is 22.9. The molecule has 0 aromatic heterocycles. The lowest BCUT2D eigenvalue weighted by molar-refractivity contribution is 0.101. The zero-order chi connectivity index (χ0) is 16.7. The lowest BCUT2D eigenvalue weighted by atomic mass is 10.1.